The monoisotopic (exact) mass is 542 g/mol. The Morgan fingerprint density at radius 2 is 1.77 bits per heavy atom. The van der Waals surface area contributed by atoms with Gasteiger partial charge >= 0.3 is 0 Å². The zero-order chi connectivity index (χ0) is 28.7. The summed E-state index contributed by atoms with van der Waals surface area (Å²) in [4.78, 5) is 19.6. The van der Waals surface area contributed by atoms with Gasteiger partial charge in [0, 0.05) is 22.7 Å². The fourth-order valence-electron chi connectivity index (χ4n) is 9.40. The Balaban J connectivity index is 1.65. The van der Waals surface area contributed by atoms with E-state index >= 15 is 0 Å². The molecule has 11 atom stereocenters. The van der Waals surface area contributed by atoms with Gasteiger partial charge in [0.1, 0.15) is 17.8 Å². The molecule has 0 amide bonds. The average Bonchev–Trinajstić information content (AvgIpc) is 2.88. The number of rotatable bonds is 5. The largest absolute Gasteiger partial charge is 0.389 e. The van der Waals surface area contributed by atoms with E-state index in [0.717, 1.165) is 11.1 Å². The van der Waals surface area contributed by atoms with Gasteiger partial charge in [0.15, 0.2) is 5.78 Å². The summed E-state index contributed by atoms with van der Waals surface area (Å²) < 4.78 is 5.79. The van der Waals surface area contributed by atoms with Gasteiger partial charge < -0.3 is 20.1 Å². The van der Waals surface area contributed by atoms with Crippen LogP contribution in [0.4, 0.5) is 0 Å². The second-order valence-corrected chi connectivity index (χ2v) is 13.9. The van der Waals surface area contributed by atoms with Crippen molar-refractivity contribution in [3.63, 3.8) is 0 Å². The lowest BCUT2D eigenvalue weighted by Crippen LogP contribution is -2.77. The molecule has 8 unspecified atom stereocenters. The third kappa shape index (κ3) is 3.80. The number of aliphatic hydroxyl groups is 3. The highest BCUT2D eigenvalue weighted by atomic mass is 17.1. The number of aliphatic hydroxyl groups excluding tert-OH is 1. The van der Waals surface area contributed by atoms with Crippen LogP contribution in [-0.2, 0) is 20.8 Å². The summed E-state index contributed by atoms with van der Waals surface area (Å²) in [7, 11) is 0. The van der Waals surface area contributed by atoms with Crippen LogP contribution >= 0.6 is 0 Å². The van der Waals surface area contributed by atoms with Crippen LogP contribution in [0.1, 0.15) is 66.9 Å². The van der Waals surface area contributed by atoms with E-state index in [1.807, 2.05) is 78.8 Å². The van der Waals surface area contributed by atoms with Gasteiger partial charge in [-0.25, -0.2) is 4.89 Å². The molecule has 7 nitrogen and oxygen atoms in total. The van der Waals surface area contributed by atoms with E-state index in [1.165, 1.54) is 0 Å². The number of fused-ring (bicyclic) bond motifs is 5. The highest BCUT2D eigenvalue weighted by Crippen LogP contribution is 2.66. The molecule has 4 aliphatic rings. The first-order valence-corrected chi connectivity index (χ1v) is 14.5. The van der Waals surface area contributed by atoms with Gasteiger partial charge in [-0.1, -0.05) is 77.4 Å². The Morgan fingerprint density at radius 3 is 2.33 bits per heavy atom. The normalized spacial score (nSPS) is 44.8. The Labute approximate surface area is 232 Å². The van der Waals surface area contributed by atoms with Crippen molar-refractivity contribution in [1.29, 1.82) is 0 Å². The van der Waals surface area contributed by atoms with E-state index in [2.05, 4.69) is 0 Å². The highest BCUT2D eigenvalue weighted by molar-refractivity contribution is 5.93. The minimum atomic E-state index is -1.44. The van der Waals surface area contributed by atoms with Crippen molar-refractivity contribution in [1.82, 2.24) is 0 Å². The summed E-state index contributed by atoms with van der Waals surface area (Å²) in [5, 5.41) is 46.9. The molecule has 1 aromatic carbocycles. The highest BCUT2D eigenvalue weighted by Gasteiger charge is 2.73. The molecule has 2 bridgehead atoms. The molecule has 1 saturated heterocycles. The number of carbonyl (C=O) groups excluding carboxylic acids is 1. The van der Waals surface area contributed by atoms with Gasteiger partial charge in [-0.2, -0.15) is 0 Å². The Bertz CT molecular complexity index is 1150. The van der Waals surface area contributed by atoms with Gasteiger partial charge in [-0.05, 0) is 55.1 Å². The lowest BCUT2D eigenvalue weighted by Gasteiger charge is -2.68. The minimum absolute atomic E-state index is 0.108. The number of ketones is 1. The van der Waals surface area contributed by atoms with Gasteiger partial charge in [0.25, 0.3) is 0 Å². The second-order valence-electron chi connectivity index (χ2n) is 13.9. The fourth-order valence-corrected chi connectivity index (χ4v) is 9.40. The van der Waals surface area contributed by atoms with Crippen molar-refractivity contribution >= 4 is 5.78 Å². The van der Waals surface area contributed by atoms with Crippen LogP contribution in [0.5, 0.6) is 0 Å². The number of hydrogen-bond donors (Lipinski definition) is 4. The average molecular weight is 543 g/mol. The van der Waals surface area contributed by atoms with Gasteiger partial charge in [0.2, 0.25) is 0 Å². The topological polar surface area (TPSA) is 116 Å². The first-order chi connectivity index (χ1) is 18.2. The molecule has 3 aliphatic carbocycles. The smallest absolute Gasteiger partial charge is 0.172 e. The molecular weight excluding hydrogens is 496 g/mol. The molecule has 2 saturated carbocycles. The molecule has 0 spiro atoms. The predicted molar refractivity (Wildman–Crippen MR) is 147 cm³/mol. The summed E-state index contributed by atoms with van der Waals surface area (Å²) in [5.74, 6) is -2.16. The molecule has 1 heterocycles. The Kier molecular flexibility index (Phi) is 7.01. The maximum Gasteiger partial charge on any atom is 0.172 e. The third-order valence-electron chi connectivity index (χ3n) is 11.9. The number of carbonyl (C=O) groups is 1. The van der Waals surface area contributed by atoms with Crippen LogP contribution in [0, 0.1) is 40.4 Å². The van der Waals surface area contributed by atoms with E-state index in [1.54, 1.807) is 0 Å². The maximum absolute atomic E-state index is 14.4. The van der Waals surface area contributed by atoms with Crippen LogP contribution < -0.4 is 0 Å². The van der Waals surface area contributed by atoms with Crippen LogP contribution in [0.25, 0.3) is 0 Å². The third-order valence-corrected chi connectivity index (χ3v) is 11.9. The van der Waals surface area contributed by atoms with Crippen molar-refractivity contribution in [2.75, 3.05) is 6.61 Å². The molecule has 0 radical (unpaired) electrons. The van der Waals surface area contributed by atoms with Crippen molar-refractivity contribution in [2.45, 2.75) is 97.2 Å². The number of hydrogen-bond acceptors (Lipinski definition) is 7. The van der Waals surface area contributed by atoms with E-state index in [0.29, 0.717) is 18.4 Å². The van der Waals surface area contributed by atoms with Crippen LogP contribution in [-0.4, -0.2) is 62.5 Å². The summed E-state index contributed by atoms with van der Waals surface area (Å²) in [5.41, 5.74) is -2.29. The maximum atomic E-state index is 14.4. The van der Waals surface area contributed by atoms with Crippen molar-refractivity contribution in [3.05, 3.63) is 47.0 Å². The molecule has 5 rings (SSSR count). The second kappa shape index (κ2) is 9.47. The predicted octanol–water partition coefficient (Wildman–Crippen LogP) is 4.19. The minimum Gasteiger partial charge on any atom is -0.389 e. The van der Waals surface area contributed by atoms with E-state index < -0.39 is 58.1 Å². The summed E-state index contributed by atoms with van der Waals surface area (Å²) >= 11 is 0. The number of Topliss-reactive ketones (excluding diaryl/α,β-unsaturated/α-hetero) is 1. The molecule has 0 aromatic heterocycles. The molecule has 39 heavy (non-hydrogen) atoms. The molecule has 216 valence electrons. The Morgan fingerprint density at radius 1 is 1.13 bits per heavy atom. The fraction of sp³-hybridized carbons (Fsp3) is 0.719. The van der Waals surface area contributed by atoms with Crippen molar-refractivity contribution in [3.8, 4) is 0 Å². The molecule has 7 heteroatoms. The van der Waals surface area contributed by atoms with Crippen molar-refractivity contribution < 1.29 is 35.0 Å². The zero-order valence-electron chi connectivity index (χ0n) is 24.3. The lowest BCUT2D eigenvalue weighted by molar-refractivity contribution is -0.332. The lowest BCUT2D eigenvalue weighted by atomic mass is 9.41. The zero-order valence-corrected chi connectivity index (χ0v) is 24.3. The van der Waals surface area contributed by atoms with Gasteiger partial charge in [0.05, 0.1) is 18.3 Å². The quantitative estimate of drug-likeness (QED) is 0.250. The molecular formula is C32H46O7. The van der Waals surface area contributed by atoms with E-state index in [4.69, 9.17) is 9.62 Å². The molecule has 1 aliphatic heterocycles. The Hall–Kier alpha value is -1.61. The van der Waals surface area contributed by atoms with Crippen LogP contribution in [0.3, 0.4) is 0 Å². The summed E-state index contributed by atoms with van der Waals surface area (Å²) in [6.45, 7) is 13.6. The summed E-state index contributed by atoms with van der Waals surface area (Å²) in [6.07, 6.45) is -1.07. The number of benzene rings is 1. The van der Waals surface area contributed by atoms with Gasteiger partial charge in [-0.3, -0.25) is 10.1 Å². The van der Waals surface area contributed by atoms with E-state index in [-0.39, 0.29) is 30.6 Å². The van der Waals surface area contributed by atoms with Crippen LogP contribution in [0.2, 0.25) is 0 Å². The SMILES string of the molecule is CC1=C2C(O)C(=O)[C@@]3(C)C(C(C)C(O)(CC1[C@@H](OO)C(C)Cc1ccccc1)C2(C)C)C1(O)COC1C[C@@H]3C. The van der Waals surface area contributed by atoms with Crippen molar-refractivity contribution in [2.24, 2.45) is 40.4 Å². The number of ether oxygens (including phenoxy) is 1. The van der Waals surface area contributed by atoms with Gasteiger partial charge in [-0.15, -0.1) is 0 Å². The van der Waals surface area contributed by atoms with E-state index in [9.17, 15) is 25.4 Å². The first kappa shape index (κ1) is 28.9. The molecule has 4 N–H and O–H groups in total. The standard InChI is InChI=1S/C32H46O7/c1-17(13-21-11-9-8-10-12-21)26(39-37)22-15-32(36)20(4)27-30(7,18(2)14-23-31(27,35)16-38-23)28(34)25(33)24(19(22)3)29(32,5)6/h8-12,17-18,20,22-23,25-27,33,35-37H,13-16H2,1-7H3/t17?,18-,20?,22?,23?,25?,26-,27?,30+,31?,32?/m0/s1. The summed E-state index contributed by atoms with van der Waals surface area (Å²) in [6, 6.07) is 9.97. The molecule has 1 aromatic rings. The van der Waals surface area contributed by atoms with Crippen LogP contribution in [0.15, 0.2) is 41.5 Å². The first-order valence-electron chi connectivity index (χ1n) is 14.5. The molecule has 3 fully saturated rings.